The van der Waals surface area contributed by atoms with Crippen molar-refractivity contribution in [3.63, 3.8) is 0 Å². The minimum Gasteiger partial charge on any atom is -0.366 e. The highest BCUT2D eigenvalue weighted by Crippen LogP contribution is 2.13. The maximum absolute atomic E-state index is 8.74. The number of halogens is 1. The summed E-state index contributed by atoms with van der Waals surface area (Å²) in [7, 11) is 0. The van der Waals surface area contributed by atoms with Gasteiger partial charge in [-0.25, -0.2) is 4.98 Å². The number of nitrogens with one attached hydrogen (secondary N) is 1. The van der Waals surface area contributed by atoms with E-state index in [1.165, 1.54) is 0 Å². The highest BCUT2D eigenvalue weighted by molar-refractivity contribution is 9.10. The van der Waals surface area contributed by atoms with Crippen LogP contribution in [0.1, 0.15) is 11.3 Å². The third-order valence-electron chi connectivity index (χ3n) is 2.23. The van der Waals surface area contributed by atoms with E-state index in [9.17, 15) is 0 Å². The van der Waals surface area contributed by atoms with Crippen molar-refractivity contribution in [1.82, 2.24) is 4.98 Å². The van der Waals surface area contributed by atoms with Gasteiger partial charge in [-0.15, -0.1) is 0 Å². The third-order valence-corrected chi connectivity index (χ3v) is 2.72. The normalized spacial score (nSPS) is 9.65. The number of hydrogen-bond donors (Lipinski definition) is 1. The zero-order chi connectivity index (χ0) is 12.1. The van der Waals surface area contributed by atoms with Crippen LogP contribution in [0.25, 0.3) is 0 Å². The molecule has 0 aliphatic rings. The molecule has 2 rings (SSSR count). The average Bonchev–Trinajstić information content (AvgIpc) is 2.37. The summed E-state index contributed by atoms with van der Waals surface area (Å²) in [4.78, 5) is 4.14. The minimum atomic E-state index is 0.421. The predicted molar refractivity (Wildman–Crippen MR) is 70.4 cm³/mol. The van der Waals surface area contributed by atoms with Crippen molar-refractivity contribution in [2.24, 2.45) is 0 Å². The van der Waals surface area contributed by atoms with E-state index in [0.29, 0.717) is 18.1 Å². The Morgan fingerprint density at radius 3 is 2.82 bits per heavy atom. The van der Waals surface area contributed by atoms with E-state index in [1.807, 2.05) is 42.5 Å². The first-order valence-corrected chi connectivity index (χ1v) is 5.93. The minimum absolute atomic E-state index is 0.421. The van der Waals surface area contributed by atoms with Gasteiger partial charge in [-0.1, -0.05) is 34.1 Å². The number of rotatable bonds is 3. The number of aromatic nitrogens is 1. The Morgan fingerprint density at radius 2 is 2.06 bits per heavy atom. The number of nitriles is 1. The molecule has 0 spiro atoms. The highest BCUT2D eigenvalue weighted by Gasteiger charge is 1.97. The van der Waals surface area contributed by atoms with E-state index in [-0.39, 0.29) is 0 Å². The van der Waals surface area contributed by atoms with Crippen molar-refractivity contribution >= 4 is 21.7 Å². The van der Waals surface area contributed by atoms with Gasteiger partial charge < -0.3 is 5.32 Å². The maximum atomic E-state index is 8.74. The molecule has 1 heterocycles. The van der Waals surface area contributed by atoms with E-state index < -0.39 is 0 Å². The van der Waals surface area contributed by atoms with Gasteiger partial charge >= 0.3 is 0 Å². The SMILES string of the molecule is N#Cc1cccc(NCc2cccc(Br)c2)n1. The van der Waals surface area contributed by atoms with Crippen LogP contribution in [0, 0.1) is 11.3 Å². The fourth-order valence-corrected chi connectivity index (χ4v) is 1.88. The van der Waals surface area contributed by atoms with Gasteiger partial charge in [-0.3, -0.25) is 0 Å². The lowest BCUT2D eigenvalue weighted by molar-refractivity contribution is 1.10. The van der Waals surface area contributed by atoms with Crippen LogP contribution in [0.4, 0.5) is 5.82 Å². The van der Waals surface area contributed by atoms with Crippen LogP contribution >= 0.6 is 15.9 Å². The zero-order valence-corrected chi connectivity index (χ0v) is 10.6. The summed E-state index contributed by atoms with van der Waals surface area (Å²) in [5.41, 5.74) is 1.58. The van der Waals surface area contributed by atoms with E-state index in [1.54, 1.807) is 6.07 Å². The van der Waals surface area contributed by atoms with Gasteiger partial charge in [0.25, 0.3) is 0 Å². The number of anilines is 1. The standard InChI is InChI=1S/C13H10BrN3/c14-11-4-1-3-10(7-11)9-16-13-6-2-5-12(8-15)17-13/h1-7H,9H2,(H,16,17). The molecule has 4 heteroatoms. The summed E-state index contributed by atoms with van der Waals surface area (Å²) in [5.74, 6) is 0.712. The Labute approximate surface area is 108 Å². The number of nitrogens with zero attached hydrogens (tertiary/aromatic N) is 2. The first-order chi connectivity index (χ1) is 8.28. The first kappa shape index (κ1) is 11.6. The molecular weight excluding hydrogens is 278 g/mol. The number of benzene rings is 1. The fourth-order valence-electron chi connectivity index (χ4n) is 1.43. The monoisotopic (exact) mass is 287 g/mol. The average molecular weight is 288 g/mol. The second-order valence-corrected chi connectivity index (χ2v) is 4.42. The second-order valence-electron chi connectivity index (χ2n) is 3.50. The summed E-state index contributed by atoms with van der Waals surface area (Å²) in [6.07, 6.45) is 0. The first-order valence-electron chi connectivity index (χ1n) is 5.13. The molecule has 3 nitrogen and oxygen atoms in total. The van der Waals surface area contributed by atoms with Gasteiger partial charge in [0.15, 0.2) is 0 Å². The molecule has 1 aromatic heterocycles. The molecule has 0 amide bonds. The van der Waals surface area contributed by atoms with Crippen LogP contribution in [0.2, 0.25) is 0 Å². The summed E-state index contributed by atoms with van der Waals surface area (Å²) >= 11 is 3.42. The van der Waals surface area contributed by atoms with Crippen molar-refractivity contribution in [3.8, 4) is 6.07 Å². The van der Waals surface area contributed by atoms with Crippen LogP contribution in [-0.2, 0) is 6.54 Å². The van der Waals surface area contributed by atoms with E-state index in [2.05, 4.69) is 26.2 Å². The van der Waals surface area contributed by atoms with Crippen LogP contribution in [0.15, 0.2) is 46.9 Å². The topological polar surface area (TPSA) is 48.7 Å². The van der Waals surface area contributed by atoms with Gasteiger partial charge in [0, 0.05) is 11.0 Å². The molecule has 0 fully saturated rings. The lowest BCUT2D eigenvalue weighted by Crippen LogP contribution is -2.01. The van der Waals surface area contributed by atoms with Crippen LogP contribution in [0.5, 0.6) is 0 Å². The van der Waals surface area contributed by atoms with Gasteiger partial charge in [-0.2, -0.15) is 5.26 Å². The van der Waals surface area contributed by atoms with Gasteiger partial charge in [-0.05, 0) is 29.8 Å². The van der Waals surface area contributed by atoms with Crippen molar-refractivity contribution in [2.75, 3.05) is 5.32 Å². The summed E-state index contributed by atoms with van der Waals surface area (Å²) < 4.78 is 1.05. The lowest BCUT2D eigenvalue weighted by Gasteiger charge is -2.05. The molecule has 0 saturated heterocycles. The van der Waals surface area contributed by atoms with Gasteiger partial charge in [0.1, 0.15) is 17.6 Å². The Kier molecular flexibility index (Phi) is 3.73. The summed E-state index contributed by atoms with van der Waals surface area (Å²) in [5, 5.41) is 11.9. The van der Waals surface area contributed by atoms with Crippen LogP contribution in [0.3, 0.4) is 0 Å². The van der Waals surface area contributed by atoms with Crippen molar-refractivity contribution in [2.45, 2.75) is 6.54 Å². The molecule has 0 bridgehead atoms. The Hall–Kier alpha value is -1.86. The van der Waals surface area contributed by atoms with Crippen molar-refractivity contribution in [1.29, 1.82) is 5.26 Å². The highest BCUT2D eigenvalue weighted by atomic mass is 79.9. The Bertz CT molecular complexity index is 561. The number of hydrogen-bond acceptors (Lipinski definition) is 3. The molecule has 17 heavy (non-hydrogen) atoms. The van der Waals surface area contributed by atoms with Crippen LogP contribution in [-0.4, -0.2) is 4.98 Å². The molecule has 0 radical (unpaired) electrons. The Morgan fingerprint density at radius 1 is 1.24 bits per heavy atom. The smallest absolute Gasteiger partial charge is 0.142 e. The van der Waals surface area contributed by atoms with E-state index >= 15 is 0 Å². The van der Waals surface area contributed by atoms with Gasteiger partial charge in [0.05, 0.1) is 0 Å². The summed E-state index contributed by atoms with van der Waals surface area (Å²) in [6, 6.07) is 15.4. The molecule has 0 aliphatic heterocycles. The molecule has 0 unspecified atom stereocenters. The fraction of sp³-hybridized carbons (Fsp3) is 0.0769. The van der Waals surface area contributed by atoms with E-state index in [4.69, 9.17) is 5.26 Å². The molecule has 0 saturated carbocycles. The van der Waals surface area contributed by atoms with E-state index in [0.717, 1.165) is 10.0 Å². The maximum Gasteiger partial charge on any atom is 0.142 e. The molecule has 2 aromatic rings. The van der Waals surface area contributed by atoms with Gasteiger partial charge in [0.2, 0.25) is 0 Å². The number of pyridine rings is 1. The van der Waals surface area contributed by atoms with Crippen molar-refractivity contribution < 1.29 is 0 Å². The van der Waals surface area contributed by atoms with Crippen LogP contribution < -0.4 is 5.32 Å². The molecule has 1 N–H and O–H groups in total. The summed E-state index contributed by atoms with van der Waals surface area (Å²) in [6.45, 7) is 0.682. The molecule has 84 valence electrons. The predicted octanol–water partition coefficient (Wildman–Crippen LogP) is 3.33. The second kappa shape index (κ2) is 5.46. The third kappa shape index (κ3) is 3.30. The molecule has 0 aliphatic carbocycles. The Balaban J connectivity index is 2.05. The molecule has 0 atom stereocenters. The largest absolute Gasteiger partial charge is 0.366 e. The zero-order valence-electron chi connectivity index (χ0n) is 9.02. The lowest BCUT2D eigenvalue weighted by atomic mass is 10.2. The molecule has 1 aromatic carbocycles. The quantitative estimate of drug-likeness (QED) is 0.942. The van der Waals surface area contributed by atoms with Crippen molar-refractivity contribution in [3.05, 3.63) is 58.2 Å². The molecular formula is C13H10BrN3.